The predicted molar refractivity (Wildman–Crippen MR) is 72.1 cm³/mol. The van der Waals surface area contributed by atoms with E-state index in [-0.39, 0.29) is 0 Å². The third kappa shape index (κ3) is 3.30. The minimum atomic E-state index is 0.645. The molecule has 1 aromatic rings. The second-order valence-corrected chi connectivity index (χ2v) is 5.27. The number of hydrogen-bond acceptors (Lipinski definition) is 4. The van der Waals surface area contributed by atoms with Crippen molar-refractivity contribution in [3.8, 4) is 11.5 Å². The molecule has 0 radical (unpaired) electrons. The van der Waals surface area contributed by atoms with Crippen LogP contribution in [0.4, 0.5) is 0 Å². The number of rotatable bonds is 5. The van der Waals surface area contributed by atoms with E-state index in [9.17, 15) is 0 Å². The smallest absolute Gasteiger partial charge is 0.127 e. The SMILES string of the molecule is COc1ccc(CN[C@@H]2CCSC2)c(OC)c1. The number of methoxy groups -OCH3 is 2. The molecule has 17 heavy (non-hydrogen) atoms. The summed E-state index contributed by atoms with van der Waals surface area (Å²) in [6, 6.07) is 6.61. The summed E-state index contributed by atoms with van der Waals surface area (Å²) >= 11 is 2.02. The van der Waals surface area contributed by atoms with Crippen molar-refractivity contribution >= 4 is 11.8 Å². The molecule has 1 aromatic carbocycles. The lowest BCUT2D eigenvalue weighted by molar-refractivity contribution is 0.389. The second kappa shape index (κ2) is 6.17. The summed E-state index contributed by atoms with van der Waals surface area (Å²) in [6.07, 6.45) is 1.27. The molecule has 1 heterocycles. The highest BCUT2D eigenvalue weighted by Crippen LogP contribution is 2.25. The summed E-state index contributed by atoms with van der Waals surface area (Å²) in [5.74, 6) is 4.22. The van der Waals surface area contributed by atoms with E-state index >= 15 is 0 Å². The van der Waals surface area contributed by atoms with Crippen molar-refractivity contribution in [3.63, 3.8) is 0 Å². The average molecular weight is 253 g/mol. The van der Waals surface area contributed by atoms with Gasteiger partial charge in [-0.3, -0.25) is 0 Å². The highest BCUT2D eigenvalue weighted by molar-refractivity contribution is 7.99. The molecule has 4 heteroatoms. The zero-order valence-corrected chi connectivity index (χ0v) is 11.2. The molecular formula is C13H19NO2S. The molecule has 0 aliphatic carbocycles. The number of thioether (sulfide) groups is 1. The largest absolute Gasteiger partial charge is 0.497 e. The van der Waals surface area contributed by atoms with Gasteiger partial charge >= 0.3 is 0 Å². The molecule has 1 atom stereocenters. The van der Waals surface area contributed by atoms with E-state index in [0.29, 0.717) is 6.04 Å². The normalized spacial score (nSPS) is 19.3. The van der Waals surface area contributed by atoms with Crippen LogP contribution >= 0.6 is 11.8 Å². The number of hydrogen-bond donors (Lipinski definition) is 1. The summed E-state index contributed by atoms with van der Waals surface area (Å²) in [4.78, 5) is 0. The van der Waals surface area contributed by atoms with E-state index in [1.54, 1.807) is 14.2 Å². The first-order valence-electron chi connectivity index (χ1n) is 5.85. The maximum atomic E-state index is 5.38. The Hall–Kier alpha value is -0.870. The van der Waals surface area contributed by atoms with E-state index in [4.69, 9.17) is 9.47 Å². The lowest BCUT2D eigenvalue weighted by Crippen LogP contribution is -2.28. The third-order valence-corrected chi connectivity index (χ3v) is 4.17. The van der Waals surface area contributed by atoms with E-state index in [2.05, 4.69) is 11.4 Å². The zero-order chi connectivity index (χ0) is 12.1. The van der Waals surface area contributed by atoms with E-state index in [1.807, 2.05) is 23.9 Å². The van der Waals surface area contributed by atoms with Crippen molar-refractivity contribution in [2.75, 3.05) is 25.7 Å². The van der Waals surface area contributed by atoms with Crippen LogP contribution in [-0.4, -0.2) is 31.8 Å². The number of ether oxygens (including phenoxy) is 2. The van der Waals surface area contributed by atoms with Crippen molar-refractivity contribution in [2.24, 2.45) is 0 Å². The first-order valence-corrected chi connectivity index (χ1v) is 7.01. The molecule has 1 aliphatic rings. The molecule has 0 amide bonds. The fourth-order valence-corrected chi connectivity index (χ4v) is 3.13. The van der Waals surface area contributed by atoms with Crippen LogP contribution in [0.15, 0.2) is 18.2 Å². The Balaban J connectivity index is 1.98. The molecule has 0 aromatic heterocycles. The molecule has 0 bridgehead atoms. The van der Waals surface area contributed by atoms with Gasteiger partial charge in [0.2, 0.25) is 0 Å². The molecule has 1 aliphatic heterocycles. The van der Waals surface area contributed by atoms with Crippen LogP contribution in [0.1, 0.15) is 12.0 Å². The number of benzene rings is 1. The van der Waals surface area contributed by atoms with Gasteiger partial charge < -0.3 is 14.8 Å². The molecule has 0 spiro atoms. The van der Waals surface area contributed by atoms with Gasteiger partial charge in [-0.2, -0.15) is 11.8 Å². The maximum Gasteiger partial charge on any atom is 0.127 e. The quantitative estimate of drug-likeness (QED) is 0.872. The van der Waals surface area contributed by atoms with Gasteiger partial charge in [0, 0.05) is 30.0 Å². The Kier molecular flexibility index (Phi) is 4.57. The molecule has 1 fully saturated rings. The van der Waals surface area contributed by atoms with Gasteiger partial charge in [0.1, 0.15) is 11.5 Å². The molecule has 2 rings (SSSR count). The first kappa shape index (κ1) is 12.6. The monoisotopic (exact) mass is 253 g/mol. The fraction of sp³-hybridized carbons (Fsp3) is 0.538. The van der Waals surface area contributed by atoms with Crippen LogP contribution in [0.25, 0.3) is 0 Å². The molecule has 3 nitrogen and oxygen atoms in total. The Bertz CT molecular complexity index is 364. The first-order chi connectivity index (χ1) is 8.33. The van der Waals surface area contributed by atoms with Crippen molar-refractivity contribution in [1.82, 2.24) is 5.32 Å². The Morgan fingerprint density at radius 1 is 1.35 bits per heavy atom. The van der Waals surface area contributed by atoms with Gasteiger partial charge in [-0.25, -0.2) is 0 Å². The fourth-order valence-electron chi connectivity index (χ4n) is 1.95. The molecule has 94 valence electrons. The van der Waals surface area contributed by atoms with Crippen molar-refractivity contribution in [2.45, 2.75) is 19.0 Å². The number of nitrogens with one attached hydrogen (secondary N) is 1. The van der Waals surface area contributed by atoms with Crippen LogP contribution in [0.5, 0.6) is 11.5 Å². The summed E-state index contributed by atoms with van der Waals surface area (Å²) in [5, 5.41) is 3.57. The van der Waals surface area contributed by atoms with Gasteiger partial charge in [-0.15, -0.1) is 0 Å². The predicted octanol–water partition coefficient (Wildman–Crippen LogP) is 2.30. The summed E-state index contributed by atoms with van der Waals surface area (Å²) in [6.45, 7) is 0.860. The minimum absolute atomic E-state index is 0.645. The molecular weight excluding hydrogens is 234 g/mol. The van der Waals surface area contributed by atoms with Gasteiger partial charge in [0.15, 0.2) is 0 Å². The molecule has 1 N–H and O–H groups in total. The van der Waals surface area contributed by atoms with Gasteiger partial charge in [0.25, 0.3) is 0 Å². The Morgan fingerprint density at radius 3 is 2.88 bits per heavy atom. The van der Waals surface area contributed by atoms with Gasteiger partial charge in [0.05, 0.1) is 14.2 Å². The van der Waals surface area contributed by atoms with Crippen LogP contribution in [-0.2, 0) is 6.54 Å². The van der Waals surface area contributed by atoms with Crippen molar-refractivity contribution in [3.05, 3.63) is 23.8 Å². The van der Waals surface area contributed by atoms with Crippen LogP contribution in [0.3, 0.4) is 0 Å². The molecule has 0 saturated carbocycles. The van der Waals surface area contributed by atoms with E-state index in [1.165, 1.54) is 23.5 Å². The topological polar surface area (TPSA) is 30.5 Å². The van der Waals surface area contributed by atoms with Gasteiger partial charge in [-0.05, 0) is 18.2 Å². The lowest BCUT2D eigenvalue weighted by atomic mass is 10.1. The highest BCUT2D eigenvalue weighted by Gasteiger charge is 2.15. The molecule has 0 unspecified atom stereocenters. The summed E-state index contributed by atoms with van der Waals surface area (Å²) in [7, 11) is 3.37. The van der Waals surface area contributed by atoms with Crippen molar-refractivity contribution in [1.29, 1.82) is 0 Å². The third-order valence-electron chi connectivity index (χ3n) is 3.01. The zero-order valence-electron chi connectivity index (χ0n) is 10.4. The molecule has 1 saturated heterocycles. The average Bonchev–Trinajstić information content (AvgIpc) is 2.89. The van der Waals surface area contributed by atoms with Crippen LogP contribution < -0.4 is 14.8 Å². The van der Waals surface area contributed by atoms with Gasteiger partial charge in [-0.1, -0.05) is 6.07 Å². The van der Waals surface area contributed by atoms with Crippen molar-refractivity contribution < 1.29 is 9.47 Å². The van der Waals surface area contributed by atoms with E-state index < -0.39 is 0 Å². The maximum absolute atomic E-state index is 5.38. The summed E-state index contributed by atoms with van der Waals surface area (Å²) in [5.41, 5.74) is 1.19. The summed E-state index contributed by atoms with van der Waals surface area (Å²) < 4.78 is 10.6. The minimum Gasteiger partial charge on any atom is -0.497 e. The standard InChI is InChI=1S/C13H19NO2S/c1-15-12-4-3-10(13(7-12)16-2)8-14-11-5-6-17-9-11/h3-4,7,11,14H,5-6,8-9H2,1-2H3/t11-/m1/s1. The Morgan fingerprint density at radius 2 is 2.24 bits per heavy atom. The lowest BCUT2D eigenvalue weighted by Gasteiger charge is -2.14. The van der Waals surface area contributed by atoms with E-state index in [0.717, 1.165) is 18.0 Å². The van der Waals surface area contributed by atoms with Crippen LogP contribution in [0, 0.1) is 0 Å². The van der Waals surface area contributed by atoms with Crippen LogP contribution in [0.2, 0.25) is 0 Å². The highest BCUT2D eigenvalue weighted by atomic mass is 32.2. The second-order valence-electron chi connectivity index (χ2n) is 4.12. The Labute approximate surface area is 107 Å².